The molecule has 0 radical (unpaired) electrons. The summed E-state index contributed by atoms with van der Waals surface area (Å²) in [6, 6.07) is 6.57. The molecule has 1 aliphatic carbocycles. The summed E-state index contributed by atoms with van der Waals surface area (Å²) in [6.07, 6.45) is 21.8. The number of carbonyl (C=O) groups excluding carboxylic acids is 2. The molecule has 2 aromatic carbocycles. The normalized spacial score (nSPS) is 12.5. The molecule has 0 aliphatic heterocycles. The van der Waals surface area contributed by atoms with E-state index in [0.29, 0.717) is 17.1 Å². The Hall–Kier alpha value is -2.38. The second-order valence-corrected chi connectivity index (χ2v) is 13.1. The number of carbonyl (C=O) groups is 2. The van der Waals surface area contributed by atoms with E-state index in [2.05, 4.69) is 21.0 Å². The van der Waals surface area contributed by atoms with Crippen LogP contribution in [0.1, 0.15) is 147 Å². The summed E-state index contributed by atoms with van der Waals surface area (Å²) in [5, 5.41) is 10.5. The SMILES string of the molecule is CCCCCCCCCCCCCCCCCC[N+](C)(C)Cc1cc(OC)c2c(c1)C(=O)c1cc(OC)cc(O)c1C2=O.[Br-]. The van der Waals surface area contributed by atoms with Gasteiger partial charge in [0.15, 0.2) is 5.78 Å². The van der Waals surface area contributed by atoms with Crippen molar-refractivity contribution >= 4 is 11.6 Å². The average Bonchev–Trinajstić information content (AvgIpc) is 2.98. The van der Waals surface area contributed by atoms with E-state index in [1.54, 1.807) is 0 Å². The number of ether oxygens (including phenoxy) is 2. The molecule has 2 aromatic rings. The van der Waals surface area contributed by atoms with E-state index in [1.165, 1.54) is 123 Å². The monoisotopic (exact) mass is 673 g/mol. The summed E-state index contributed by atoms with van der Waals surface area (Å²) in [5.41, 5.74) is 1.66. The third-order valence-electron chi connectivity index (χ3n) is 8.88. The van der Waals surface area contributed by atoms with Crippen molar-refractivity contribution in [1.29, 1.82) is 0 Å². The maximum Gasteiger partial charge on any atom is 0.201 e. The number of hydrogen-bond acceptors (Lipinski definition) is 5. The lowest BCUT2D eigenvalue weighted by Gasteiger charge is -2.31. The Bertz CT molecular complexity index is 1210. The molecule has 0 heterocycles. The molecular formula is C37H56BrNO5. The van der Waals surface area contributed by atoms with Crippen LogP contribution in [-0.2, 0) is 6.54 Å². The lowest BCUT2D eigenvalue weighted by atomic mass is 9.82. The standard InChI is InChI=1S/C37H55NO5.BrH/c1-6-7-8-9-10-11-12-13-14-15-16-17-18-19-20-21-22-38(2,3)27-28-23-30-35(33(24-28)43-5)37(41)34-31(36(30)40)25-29(42-4)26-32(34)39;/h23-26H,6-22,27H2,1-5H3;1H. The number of benzene rings is 2. The van der Waals surface area contributed by atoms with Gasteiger partial charge in [-0.1, -0.05) is 96.8 Å². The number of hydrogen-bond donors (Lipinski definition) is 1. The van der Waals surface area contributed by atoms with Gasteiger partial charge in [-0.15, -0.1) is 0 Å². The second kappa shape index (κ2) is 19.2. The number of rotatable bonds is 21. The zero-order valence-corrected chi connectivity index (χ0v) is 29.5. The molecule has 0 spiro atoms. The number of nitrogens with zero attached hydrogens (tertiary/aromatic N) is 1. The van der Waals surface area contributed by atoms with Crippen LogP contribution in [0, 0.1) is 0 Å². The minimum Gasteiger partial charge on any atom is -1.00 e. The maximum atomic E-state index is 13.5. The van der Waals surface area contributed by atoms with Crippen molar-refractivity contribution in [1.82, 2.24) is 0 Å². The number of ketones is 2. The van der Waals surface area contributed by atoms with Crippen molar-refractivity contribution in [2.45, 2.75) is 116 Å². The van der Waals surface area contributed by atoms with Gasteiger partial charge in [0.25, 0.3) is 0 Å². The van der Waals surface area contributed by atoms with E-state index >= 15 is 0 Å². The number of quaternary nitrogens is 1. The predicted molar refractivity (Wildman–Crippen MR) is 175 cm³/mol. The summed E-state index contributed by atoms with van der Waals surface area (Å²) in [5.74, 6) is -0.270. The number of methoxy groups -OCH3 is 2. The van der Waals surface area contributed by atoms with Crippen molar-refractivity contribution in [3.05, 3.63) is 52.1 Å². The highest BCUT2D eigenvalue weighted by Crippen LogP contribution is 2.40. The summed E-state index contributed by atoms with van der Waals surface area (Å²) in [7, 11) is 7.40. The Kier molecular flexibility index (Phi) is 16.5. The first-order valence-electron chi connectivity index (χ1n) is 16.8. The predicted octanol–water partition coefficient (Wildman–Crippen LogP) is 6.03. The zero-order chi connectivity index (χ0) is 31.2. The van der Waals surface area contributed by atoms with Gasteiger partial charge in [-0.2, -0.15) is 0 Å². The van der Waals surface area contributed by atoms with E-state index in [4.69, 9.17) is 9.47 Å². The Morgan fingerprint density at radius 3 is 1.64 bits per heavy atom. The summed E-state index contributed by atoms with van der Waals surface area (Å²) in [4.78, 5) is 26.9. The molecule has 0 fully saturated rings. The highest BCUT2D eigenvalue weighted by atomic mass is 79.9. The minimum atomic E-state index is -0.407. The fraction of sp³-hybridized carbons (Fsp3) is 0.622. The van der Waals surface area contributed by atoms with Gasteiger partial charge in [0.1, 0.15) is 23.8 Å². The van der Waals surface area contributed by atoms with Crippen LogP contribution < -0.4 is 26.5 Å². The van der Waals surface area contributed by atoms with E-state index in [0.717, 1.165) is 29.6 Å². The highest BCUT2D eigenvalue weighted by Gasteiger charge is 2.36. The molecule has 0 amide bonds. The molecule has 246 valence electrons. The average molecular weight is 675 g/mol. The van der Waals surface area contributed by atoms with Gasteiger partial charge in [-0.05, 0) is 31.0 Å². The van der Waals surface area contributed by atoms with E-state index in [-0.39, 0.29) is 45.2 Å². The minimum absolute atomic E-state index is 0. The number of aromatic hydroxyl groups is 1. The van der Waals surface area contributed by atoms with Gasteiger partial charge in [-0.3, -0.25) is 9.59 Å². The molecule has 1 N–H and O–H groups in total. The van der Waals surface area contributed by atoms with Crippen LogP contribution in [0.25, 0.3) is 0 Å². The van der Waals surface area contributed by atoms with E-state index in [1.807, 2.05) is 12.1 Å². The molecule has 44 heavy (non-hydrogen) atoms. The maximum absolute atomic E-state index is 13.5. The van der Waals surface area contributed by atoms with Crippen LogP contribution in [-0.4, -0.2) is 56.0 Å². The molecule has 3 rings (SSSR count). The topological polar surface area (TPSA) is 72.8 Å². The molecule has 6 nitrogen and oxygen atoms in total. The first-order chi connectivity index (χ1) is 20.7. The Morgan fingerprint density at radius 1 is 0.636 bits per heavy atom. The summed E-state index contributed by atoms with van der Waals surface area (Å²) in [6.45, 7) is 4.04. The van der Waals surface area contributed by atoms with Gasteiger partial charge in [0.2, 0.25) is 5.78 Å². The van der Waals surface area contributed by atoms with Crippen molar-refractivity contribution in [3.8, 4) is 17.2 Å². The van der Waals surface area contributed by atoms with Crippen LogP contribution in [0.5, 0.6) is 17.2 Å². The highest BCUT2D eigenvalue weighted by molar-refractivity contribution is 6.30. The first-order valence-corrected chi connectivity index (χ1v) is 16.8. The fourth-order valence-corrected chi connectivity index (χ4v) is 6.41. The second-order valence-electron chi connectivity index (χ2n) is 13.1. The Balaban J connectivity index is 0.00000675. The number of halogens is 1. The molecule has 7 heteroatoms. The largest absolute Gasteiger partial charge is 1.00 e. The van der Waals surface area contributed by atoms with Crippen molar-refractivity contribution < 1.29 is 45.6 Å². The van der Waals surface area contributed by atoms with Gasteiger partial charge < -0.3 is 36.0 Å². The Labute approximate surface area is 276 Å². The van der Waals surface area contributed by atoms with Crippen molar-refractivity contribution in [3.63, 3.8) is 0 Å². The smallest absolute Gasteiger partial charge is 0.201 e. The van der Waals surface area contributed by atoms with Gasteiger partial charge in [0, 0.05) is 22.8 Å². The molecule has 0 atom stereocenters. The molecule has 0 bridgehead atoms. The third kappa shape index (κ3) is 10.9. The Morgan fingerprint density at radius 2 is 1.14 bits per heavy atom. The van der Waals surface area contributed by atoms with Gasteiger partial charge >= 0.3 is 0 Å². The van der Waals surface area contributed by atoms with Crippen molar-refractivity contribution in [2.75, 3.05) is 34.9 Å². The number of phenolic OH excluding ortho intramolecular Hbond substituents is 1. The molecule has 1 aliphatic rings. The molecule has 0 aromatic heterocycles. The summed E-state index contributed by atoms with van der Waals surface area (Å²) < 4.78 is 11.6. The van der Waals surface area contributed by atoms with Gasteiger partial charge in [-0.25, -0.2) is 0 Å². The number of unbranched alkanes of at least 4 members (excludes halogenated alkanes) is 15. The number of phenols is 1. The van der Waals surface area contributed by atoms with E-state index in [9.17, 15) is 14.7 Å². The zero-order valence-electron chi connectivity index (χ0n) is 27.9. The van der Waals surface area contributed by atoms with Crippen LogP contribution >= 0.6 is 0 Å². The lowest BCUT2D eigenvalue weighted by Crippen LogP contribution is -3.00. The third-order valence-corrected chi connectivity index (χ3v) is 8.88. The van der Waals surface area contributed by atoms with Gasteiger partial charge in [0.05, 0.1) is 46.0 Å². The fourth-order valence-electron chi connectivity index (χ4n) is 6.41. The molecule has 0 saturated heterocycles. The first kappa shape index (κ1) is 37.8. The van der Waals surface area contributed by atoms with Crippen LogP contribution in [0.15, 0.2) is 24.3 Å². The summed E-state index contributed by atoms with van der Waals surface area (Å²) >= 11 is 0. The number of fused-ring (bicyclic) bond motifs is 2. The lowest BCUT2D eigenvalue weighted by molar-refractivity contribution is -0.903. The van der Waals surface area contributed by atoms with E-state index < -0.39 is 5.78 Å². The molecular weight excluding hydrogens is 618 g/mol. The van der Waals surface area contributed by atoms with Crippen molar-refractivity contribution in [2.24, 2.45) is 0 Å². The molecule has 0 saturated carbocycles. The van der Waals surface area contributed by atoms with Crippen LogP contribution in [0.3, 0.4) is 0 Å². The van der Waals surface area contributed by atoms with Crippen LogP contribution in [0.4, 0.5) is 0 Å². The molecule has 0 unspecified atom stereocenters. The van der Waals surface area contributed by atoms with Crippen LogP contribution in [0.2, 0.25) is 0 Å². The quantitative estimate of drug-likeness (QED) is 0.111.